The zero-order valence-corrected chi connectivity index (χ0v) is 23.2. The Morgan fingerprint density at radius 3 is 2.49 bits per heavy atom. The topological polar surface area (TPSA) is 76.1 Å². The van der Waals surface area contributed by atoms with Gasteiger partial charge in [0.2, 0.25) is 0 Å². The maximum atomic E-state index is 13.1. The van der Waals surface area contributed by atoms with Crippen LogP contribution in [0.4, 0.5) is 0 Å². The number of thiocarbonyl (C=S) groups is 1. The number of benzene rings is 1. The van der Waals surface area contributed by atoms with E-state index in [9.17, 15) is 14.7 Å². The van der Waals surface area contributed by atoms with Gasteiger partial charge in [-0.3, -0.25) is 9.69 Å². The van der Waals surface area contributed by atoms with Crippen LogP contribution >= 0.6 is 24.0 Å². The minimum Gasteiger partial charge on any atom is -0.490 e. The van der Waals surface area contributed by atoms with Crippen LogP contribution in [-0.4, -0.2) is 45.0 Å². The molecule has 0 unspecified atom stereocenters. The molecule has 0 bridgehead atoms. The summed E-state index contributed by atoms with van der Waals surface area (Å²) < 4.78 is 12.3. The van der Waals surface area contributed by atoms with Crippen molar-refractivity contribution in [2.75, 3.05) is 6.61 Å². The van der Waals surface area contributed by atoms with Gasteiger partial charge in [-0.1, -0.05) is 82.9 Å². The Labute approximate surface area is 219 Å². The highest BCUT2D eigenvalue weighted by molar-refractivity contribution is 8.26. The number of amides is 1. The minimum atomic E-state index is -1.04. The molecule has 1 saturated heterocycles. The van der Waals surface area contributed by atoms with E-state index in [1.807, 2.05) is 39.0 Å². The fourth-order valence-electron chi connectivity index (χ4n) is 3.99. The van der Waals surface area contributed by atoms with E-state index in [-0.39, 0.29) is 22.2 Å². The van der Waals surface area contributed by atoms with E-state index in [4.69, 9.17) is 21.7 Å². The van der Waals surface area contributed by atoms with Crippen molar-refractivity contribution < 1.29 is 24.2 Å². The van der Waals surface area contributed by atoms with E-state index >= 15 is 0 Å². The first-order valence-electron chi connectivity index (χ1n) is 12.7. The third-order valence-corrected chi connectivity index (χ3v) is 7.48. The molecule has 0 saturated carbocycles. The summed E-state index contributed by atoms with van der Waals surface area (Å²) in [4.78, 5) is 26.6. The van der Waals surface area contributed by atoms with Gasteiger partial charge in [0.15, 0.2) is 11.5 Å². The fourth-order valence-corrected chi connectivity index (χ4v) is 5.32. The molecule has 2 rings (SSSR count). The van der Waals surface area contributed by atoms with E-state index in [0.29, 0.717) is 29.4 Å². The first-order chi connectivity index (χ1) is 16.7. The summed E-state index contributed by atoms with van der Waals surface area (Å²) in [6.07, 6.45) is 9.56. The molecule has 35 heavy (non-hydrogen) atoms. The summed E-state index contributed by atoms with van der Waals surface area (Å²) >= 11 is 6.52. The SMILES string of the molecule is CCCCCCC[C@H](C)Oc1ccc(/C=C2/SC(=S)N([C@H](C(=O)O)[C@@H](C)CC)C2=O)cc1OCC. The second-order valence-electron chi connectivity index (χ2n) is 8.99. The molecule has 1 aliphatic heterocycles. The molecule has 1 aromatic rings. The lowest BCUT2D eigenvalue weighted by Gasteiger charge is -2.27. The summed E-state index contributed by atoms with van der Waals surface area (Å²) in [6, 6.07) is 4.62. The molecule has 1 amide bonds. The first kappa shape index (κ1) is 29.2. The van der Waals surface area contributed by atoms with Crippen LogP contribution < -0.4 is 9.47 Å². The van der Waals surface area contributed by atoms with Crippen LogP contribution in [0.25, 0.3) is 6.08 Å². The Balaban J connectivity index is 2.17. The molecule has 3 atom stereocenters. The molecule has 1 N–H and O–H groups in total. The standard InChI is InChI=1S/C27H39NO5S2/c1-6-9-10-11-12-13-19(5)33-21-15-14-20(16-22(21)32-8-3)17-23-25(29)28(27(34)35-23)24(26(30)31)18(4)7-2/h14-19,24H,6-13H2,1-5H3,(H,30,31)/b23-17+/t18-,19-,24-/m0/s1. The number of ether oxygens (including phenoxy) is 2. The Kier molecular flexibility index (Phi) is 12.1. The highest BCUT2D eigenvalue weighted by Crippen LogP contribution is 2.37. The van der Waals surface area contributed by atoms with Gasteiger partial charge in [-0.25, -0.2) is 4.79 Å². The van der Waals surface area contributed by atoms with Crippen molar-refractivity contribution in [1.82, 2.24) is 4.90 Å². The van der Waals surface area contributed by atoms with Crippen LogP contribution in [0.1, 0.15) is 85.1 Å². The zero-order chi connectivity index (χ0) is 26.0. The number of carbonyl (C=O) groups excluding carboxylic acids is 1. The maximum Gasteiger partial charge on any atom is 0.327 e. The van der Waals surface area contributed by atoms with Gasteiger partial charge in [0.1, 0.15) is 10.4 Å². The minimum absolute atomic E-state index is 0.0754. The smallest absolute Gasteiger partial charge is 0.327 e. The van der Waals surface area contributed by atoms with Gasteiger partial charge in [-0.2, -0.15) is 0 Å². The van der Waals surface area contributed by atoms with Gasteiger partial charge in [-0.15, -0.1) is 0 Å². The Bertz CT molecular complexity index is 917. The lowest BCUT2D eigenvalue weighted by Crippen LogP contribution is -2.47. The number of thioether (sulfide) groups is 1. The van der Waals surface area contributed by atoms with Crippen molar-refractivity contribution in [1.29, 1.82) is 0 Å². The number of hydrogen-bond acceptors (Lipinski definition) is 6. The van der Waals surface area contributed by atoms with Crippen LogP contribution in [-0.2, 0) is 9.59 Å². The van der Waals surface area contributed by atoms with Crippen molar-refractivity contribution in [3.63, 3.8) is 0 Å². The summed E-state index contributed by atoms with van der Waals surface area (Å²) in [6.45, 7) is 10.4. The third kappa shape index (κ3) is 8.24. The molecular formula is C27H39NO5S2. The van der Waals surface area contributed by atoms with Gasteiger partial charge in [0.05, 0.1) is 17.6 Å². The Hall–Kier alpha value is -2.06. The van der Waals surface area contributed by atoms with Crippen molar-refractivity contribution >= 4 is 46.3 Å². The van der Waals surface area contributed by atoms with Crippen molar-refractivity contribution in [3.05, 3.63) is 28.7 Å². The van der Waals surface area contributed by atoms with Gasteiger partial charge < -0.3 is 14.6 Å². The monoisotopic (exact) mass is 521 g/mol. The molecule has 0 aromatic heterocycles. The second kappa shape index (κ2) is 14.5. The number of carbonyl (C=O) groups is 2. The van der Waals surface area contributed by atoms with E-state index in [1.165, 1.54) is 30.6 Å². The summed E-state index contributed by atoms with van der Waals surface area (Å²) in [7, 11) is 0. The maximum absolute atomic E-state index is 13.1. The van der Waals surface area contributed by atoms with Crippen molar-refractivity contribution in [2.45, 2.75) is 91.7 Å². The van der Waals surface area contributed by atoms with Crippen molar-refractivity contribution in [3.8, 4) is 11.5 Å². The number of rotatable bonds is 15. The van der Waals surface area contributed by atoms with Crippen molar-refractivity contribution in [2.24, 2.45) is 5.92 Å². The molecule has 0 aliphatic carbocycles. The first-order valence-corrected chi connectivity index (χ1v) is 13.9. The Morgan fingerprint density at radius 2 is 1.86 bits per heavy atom. The van der Waals surface area contributed by atoms with E-state index < -0.39 is 12.0 Å². The predicted molar refractivity (Wildman–Crippen MR) is 147 cm³/mol. The lowest BCUT2D eigenvalue weighted by molar-refractivity contribution is -0.147. The quantitative estimate of drug-likeness (QED) is 0.153. The average molecular weight is 522 g/mol. The number of aliphatic carboxylic acids is 1. The molecule has 8 heteroatoms. The Morgan fingerprint density at radius 1 is 1.14 bits per heavy atom. The summed E-state index contributed by atoms with van der Waals surface area (Å²) in [5.41, 5.74) is 0.768. The van der Waals surface area contributed by atoms with E-state index in [2.05, 4.69) is 13.8 Å². The molecular weight excluding hydrogens is 482 g/mol. The predicted octanol–water partition coefficient (Wildman–Crippen LogP) is 6.91. The third-order valence-electron chi connectivity index (χ3n) is 6.15. The summed E-state index contributed by atoms with van der Waals surface area (Å²) in [5, 5.41) is 9.72. The molecule has 1 aliphatic rings. The number of nitrogens with zero attached hydrogens (tertiary/aromatic N) is 1. The highest BCUT2D eigenvalue weighted by atomic mass is 32.2. The molecule has 1 heterocycles. The highest BCUT2D eigenvalue weighted by Gasteiger charge is 2.42. The molecule has 0 radical (unpaired) electrons. The molecule has 1 fully saturated rings. The van der Waals surface area contributed by atoms with Crippen LogP contribution in [0, 0.1) is 5.92 Å². The molecule has 194 valence electrons. The van der Waals surface area contributed by atoms with Crippen LogP contribution in [0.15, 0.2) is 23.1 Å². The van der Waals surface area contributed by atoms with Gasteiger partial charge in [0, 0.05) is 0 Å². The van der Waals surface area contributed by atoms with E-state index in [1.54, 1.807) is 6.08 Å². The summed E-state index contributed by atoms with van der Waals surface area (Å²) in [5.74, 6) is -0.332. The van der Waals surface area contributed by atoms with Crippen LogP contribution in [0.2, 0.25) is 0 Å². The normalized spacial score (nSPS) is 17.5. The second-order valence-corrected chi connectivity index (χ2v) is 10.7. The average Bonchev–Trinajstić information content (AvgIpc) is 3.08. The number of hydrogen-bond donors (Lipinski definition) is 1. The number of unbranched alkanes of at least 4 members (excludes halogenated alkanes) is 4. The lowest BCUT2D eigenvalue weighted by atomic mass is 9.98. The van der Waals surface area contributed by atoms with E-state index in [0.717, 1.165) is 30.2 Å². The van der Waals surface area contributed by atoms with Gasteiger partial charge >= 0.3 is 5.97 Å². The van der Waals surface area contributed by atoms with Gasteiger partial charge in [0.25, 0.3) is 5.91 Å². The number of carboxylic acid groups (broad SMARTS) is 1. The number of carboxylic acids is 1. The molecule has 1 aromatic carbocycles. The molecule has 0 spiro atoms. The zero-order valence-electron chi connectivity index (χ0n) is 21.5. The van der Waals surface area contributed by atoms with Crippen LogP contribution in [0.3, 0.4) is 0 Å². The van der Waals surface area contributed by atoms with Crippen LogP contribution in [0.5, 0.6) is 11.5 Å². The largest absolute Gasteiger partial charge is 0.490 e. The fraction of sp³-hybridized carbons (Fsp3) is 0.593. The molecule has 6 nitrogen and oxygen atoms in total. The van der Waals surface area contributed by atoms with Gasteiger partial charge in [-0.05, 0) is 56.4 Å².